The summed E-state index contributed by atoms with van der Waals surface area (Å²) < 4.78 is 24.0. The van der Waals surface area contributed by atoms with Crippen LogP contribution in [0.15, 0.2) is 47.5 Å². The van der Waals surface area contributed by atoms with Gasteiger partial charge in [0.25, 0.3) is 0 Å². The number of hydrogen-bond donors (Lipinski definition) is 0. The molecule has 122 valence electrons. The van der Waals surface area contributed by atoms with Gasteiger partial charge in [-0.2, -0.15) is 5.10 Å². The lowest BCUT2D eigenvalue weighted by Crippen LogP contribution is -2.31. The van der Waals surface area contributed by atoms with Crippen LogP contribution in [-0.4, -0.2) is 51.0 Å². The second kappa shape index (κ2) is 6.54. The van der Waals surface area contributed by atoms with E-state index in [2.05, 4.69) is 20.0 Å². The molecule has 1 aromatic carbocycles. The number of para-hydroxylation sites is 1. The normalized spacial score (nSPS) is 16.2. The maximum Gasteiger partial charge on any atom is 0.177 e. The number of hydrogen-bond acceptors (Lipinski definition) is 6. The summed E-state index contributed by atoms with van der Waals surface area (Å²) in [5, 5.41) is 8.09. The van der Waals surface area contributed by atoms with Gasteiger partial charge in [-0.1, -0.05) is 12.1 Å². The van der Waals surface area contributed by atoms with Crippen LogP contribution < -0.4 is 9.80 Å². The van der Waals surface area contributed by atoms with E-state index in [4.69, 9.17) is 0 Å². The lowest BCUT2D eigenvalue weighted by atomic mass is 10.2. The van der Waals surface area contributed by atoms with Crippen molar-refractivity contribution in [2.45, 2.75) is 11.3 Å². The molecule has 0 bridgehead atoms. The van der Waals surface area contributed by atoms with Gasteiger partial charge in [-0.3, -0.25) is 0 Å². The van der Waals surface area contributed by atoms with Crippen molar-refractivity contribution in [3.8, 4) is 0 Å². The van der Waals surface area contributed by atoms with Crippen molar-refractivity contribution in [1.29, 1.82) is 0 Å². The molecule has 0 unspecified atom stereocenters. The second-order valence-electron chi connectivity index (χ2n) is 5.65. The summed E-state index contributed by atoms with van der Waals surface area (Å²) in [7, 11) is -3.24. The van der Waals surface area contributed by atoms with Crippen molar-refractivity contribution >= 4 is 21.3 Å². The van der Waals surface area contributed by atoms with Crippen molar-refractivity contribution in [2.75, 3.05) is 42.2 Å². The standard InChI is InChI=1S/C16H20N4O2S/c1-23(21,22)15-7-3-2-6-14(15)19-10-5-11-20(13-12-19)16-8-4-9-17-18-16/h2-4,6-9H,5,10-13H2,1H3. The average Bonchev–Trinajstić information content (AvgIpc) is 2.81. The van der Waals surface area contributed by atoms with Crippen LogP contribution in [0.25, 0.3) is 0 Å². The molecule has 0 N–H and O–H groups in total. The maximum absolute atomic E-state index is 12.0. The second-order valence-corrected chi connectivity index (χ2v) is 7.63. The van der Waals surface area contributed by atoms with Crippen LogP contribution in [0.3, 0.4) is 0 Å². The molecule has 2 heterocycles. The Bertz CT molecular complexity index is 765. The molecule has 23 heavy (non-hydrogen) atoms. The molecular weight excluding hydrogens is 312 g/mol. The molecule has 0 spiro atoms. The van der Waals surface area contributed by atoms with Gasteiger partial charge in [-0.15, -0.1) is 5.10 Å². The summed E-state index contributed by atoms with van der Waals surface area (Å²) in [5.74, 6) is 0.866. The molecule has 0 aliphatic carbocycles. The van der Waals surface area contributed by atoms with Crippen molar-refractivity contribution in [3.63, 3.8) is 0 Å². The first-order chi connectivity index (χ1) is 11.1. The van der Waals surface area contributed by atoms with Gasteiger partial charge >= 0.3 is 0 Å². The molecule has 3 rings (SSSR count). The van der Waals surface area contributed by atoms with Gasteiger partial charge in [0.15, 0.2) is 15.7 Å². The Kier molecular flexibility index (Phi) is 4.47. The summed E-state index contributed by atoms with van der Waals surface area (Å²) in [4.78, 5) is 4.73. The summed E-state index contributed by atoms with van der Waals surface area (Å²) in [5.41, 5.74) is 0.788. The van der Waals surface area contributed by atoms with E-state index in [-0.39, 0.29) is 0 Å². The summed E-state index contributed by atoms with van der Waals surface area (Å²) >= 11 is 0. The fourth-order valence-electron chi connectivity index (χ4n) is 2.88. The van der Waals surface area contributed by atoms with Gasteiger partial charge in [-0.05, 0) is 30.7 Å². The lowest BCUT2D eigenvalue weighted by Gasteiger charge is -2.25. The van der Waals surface area contributed by atoms with Gasteiger partial charge < -0.3 is 9.80 Å². The summed E-state index contributed by atoms with van der Waals surface area (Å²) in [6.45, 7) is 3.25. The van der Waals surface area contributed by atoms with E-state index in [0.717, 1.165) is 44.1 Å². The fourth-order valence-corrected chi connectivity index (χ4v) is 3.78. The number of nitrogens with zero attached hydrogens (tertiary/aromatic N) is 4. The van der Waals surface area contributed by atoms with Crippen molar-refractivity contribution in [3.05, 3.63) is 42.6 Å². The van der Waals surface area contributed by atoms with E-state index in [1.807, 2.05) is 24.3 Å². The van der Waals surface area contributed by atoms with E-state index < -0.39 is 9.84 Å². The molecular formula is C16H20N4O2S. The molecule has 1 fully saturated rings. The van der Waals surface area contributed by atoms with E-state index in [1.54, 1.807) is 18.3 Å². The molecule has 6 nitrogen and oxygen atoms in total. The first-order valence-electron chi connectivity index (χ1n) is 7.62. The zero-order chi connectivity index (χ0) is 16.3. The van der Waals surface area contributed by atoms with Gasteiger partial charge in [0.1, 0.15) is 0 Å². The molecule has 1 aliphatic rings. The number of aromatic nitrogens is 2. The smallest absolute Gasteiger partial charge is 0.177 e. The molecule has 0 radical (unpaired) electrons. The Balaban J connectivity index is 1.82. The summed E-state index contributed by atoms with van der Waals surface area (Å²) in [6.07, 6.45) is 3.86. The highest BCUT2D eigenvalue weighted by atomic mass is 32.2. The number of anilines is 2. The third-order valence-corrected chi connectivity index (χ3v) is 5.13. The Labute approximate surface area is 136 Å². The molecule has 1 aromatic heterocycles. The first-order valence-corrected chi connectivity index (χ1v) is 9.51. The van der Waals surface area contributed by atoms with Crippen LogP contribution in [0.1, 0.15) is 6.42 Å². The van der Waals surface area contributed by atoms with E-state index in [0.29, 0.717) is 4.90 Å². The van der Waals surface area contributed by atoms with E-state index in [9.17, 15) is 8.42 Å². The van der Waals surface area contributed by atoms with Crippen LogP contribution in [0, 0.1) is 0 Å². The van der Waals surface area contributed by atoms with Crippen LogP contribution >= 0.6 is 0 Å². The van der Waals surface area contributed by atoms with Gasteiger partial charge in [0.05, 0.1) is 10.6 Å². The minimum absolute atomic E-state index is 0.396. The minimum atomic E-state index is -3.24. The van der Waals surface area contributed by atoms with Gasteiger partial charge in [0.2, 0.25) is 0 Å². The third kappa shape index (κ3) is 3.61. The van der Waals surface area contributed by atoms with Crippen LogP contribution in [-0.2, 0) is 9.84 Å². The van der Waals surface area contributed by atoms with Crippen LogP contribution in [0.4, 0.5) is 11.5 Å². The molecule has 0 saturated carbocycles. The predicted molar refractivity (Wildman–Crippen MR) is 90.6 cm³/mol. The number of rotatable bonds is 3. The summed E-state index contributed by atoms with van der Waals surface area (Å²) in [6, 6.07) is 11.0. The molecule has 2 aromatic rings. The van der Waals surface area contributed by atoms with Crippen molar-refractivity contribution < 1.29 is 8.42 Å². The largest absolute Gasteiger partial charge is 0.369 e. The monoisotopic (exact) mass is 332 g/mol. The Morgan fingerprint density at radius 3 is 2.43 bits per heavy atom. The van der Waals surface area contributed by atoms with Gasteiger partial charge in [0, 0.05) is 38.6 Å². The topological polar surface area (TPSA) is 66.4 Å². The van der Waals surface area contributed by atoms with Crippen LogP contribution in [0.5, 0.6) is 0 Å². The molecule has 0 atom stereocenters. The number of benzene rings is 1. The maximum atomic E-state index is 12.0. The average molecular weight is 332 g/mol. The van der Waals surface area contributed by atoms with Crippen molar-refractivity contribution in [1.82, 2.24) is 10.2 Å². The predicted octanol–water partition coefficient (Wildman–Crippen LogP) is 1.60. The number of sulfone groups is 1. The highest BCUT2D eigenvalue weighted by molar-refractivity contribution is 7.90. The SMILES string of the molecule is CS(=O)(=O)c1ccccc1N1CCCN(c2cccnn2)CC1. The van der Waals surface area contributed by atoms with Crippen LogP contribution in [0.2, 0.25) is 0 Å². The third-order valence-electron chi connectivity index (χ3n) is 3.98. The highest BCUT2D eigenvalue weighted by Gasteiger charge is 2.21. The fraction of sp³-hybridized carbons (Fsp3) is 0.375. The Morgan fingerprint density at radius 1 is 0.957 bits per heavy atom. The quantitative estimate of drug-likeness (QED) is 0.850. The zero-order valence-electron chi connectivity index (χ0n) is 13.1. The zero-order valence-corrected chi connectivity index (χ0v) is 13.9. The molecule has 1 aliphatic heterocycles. The lowest BCUT2D eigenvalue weighted by molar-refractivity contribution is 0.601. The molecule has 7 heteroatoms. The Morgan fingerprint density at radius 2 is 1.70 bits per heavy atom. The highest BCUT2D eigenvalue weighted by Crippen LogP contribution is 2.26. The first kappa shape index (κ1) is 15.7. The van der Waals surface area contributed by atoms with Gasteiger partial charge in [-0.25, -0.2) is 8.42 Å². The van der Waals surface area contributed by atoms with E-state index >= 15 is 0 Å². The molecule has 1 saturated heterocycles. The minimum Gasteiger partial charge on any atom is -0.369 e. The Hall–Kier alpha value is -2.15. The van der Waals surface area contributed by atoms with E-state index in [1.165, 1.54) is 6.26 Å². The van der Waals surface area contributed by atoms with Crippen molar-refractivity contribution in [2.24, 2.45) is 0 Å². The molecule has 0 amide bonds.